The quantitative estimate of drug-likeness (QED) is 0.216. The fourth-order valence-electron chi connectivity index (χ4n) is 5.56. The number of nitrogens with one attached hydrogen (secondary N) is 1. The van der Waals surface area contributed by atoms with Gasteiger partial charge in [-0.15, -0.1) is 5.43 Å². The molecule has 1 saturated heterocycles. The van der Waals surface area contributed by atoms with Crippen molar-refractivity contribution in [1.29, 1.82) is 0 Å². The summed E-state index contributed by atoms with van der Waals surface area (Å²) in [4.78, 5) is 8.64. The van der Waals surface area contributed by atoms with Crippen molar-refractivity contribution in [3.8, 4) is 5.75 Å². The minimum atomic E-state index is -0.858. The summed E-state index contributed by atoms with van der Waals surface area (Å²) < 4.78 is 5.40. The van der Waals surface area contributed by atoms with E-state index in [0.717, 1.165) is 39.1 Å². The van der Waals surface area contributed by atoms with Gasteiger partial charge in [0.15, 0.2) is 5.17 Å². The number of nitrogens with zero attached hydrogens (tertiary/aromatic N) is 4. The van der Waals surface area contributed by atoms with Crippen molar-refractivity contribution in [2.24, 2.45) is 10.1 Å². The summed E-state index contributed by atoms with van der Waals surface area (Å²) in [6, 6.07) is 49.5. The smallest absolute Gasteiger partial charge is 0.265 e. The first-order chi connectivity index (χ1) is 20.2. The third-order valence-electron chi connectivity index (χ3n) is 7.43. The average Bonchev–Trinajstić information content (AvgIpc) is 3.53. The maximum Gasteiger partial charge on any atom is 0.265 e. The fraction of sp³-hybridized carbons (Fsp3) is 0.0882. The average molecular weight is 555 g/mol. The Morgan fingerprint density at radius 1 is 0.707 bits per heavy atom. The Labute approximate surface area is 243 Å². The van der Waals surface area contributed by atoms with E-state index >= 15 is 0 Å². The van der Waals surface area contributed by atoms with Crippen LogP contribution >= 0.6 is 11.8 Å². The molecule has 7 heteroatoms. The Bertz CT molecular complexity index is 1710. The lowest BCUT2D eigenvalue weighted by Crippen LogP contribution is -2.60. The summed E-state index contributed by atoms with van der Waals surface area (Å²) in [6.07, 6.45) is 0. The molecule has 7 rings (SSSR count). The van der Waals surface area contributed by atoms with Gasteiger partial charge >= 0.3 is 0 Å². The van der Waals surface area contributed by atoms with E-state index in [2.05, 4.69) is 95.3 Å². The van der Waals surface area contributed by atoms with Crippen LogP contribution in [0.4, 0.5) is 17.1 Å². The van der Waals surface area contributed by atoms with E-state index < -0.39 is 10.5 Å². The Balaban J connectivity index is 1.54. The normalized spacial score (nSPS) is 22.2. The number of para-hydroxylation sites is 2. The van der Waals surface area contributed by atoms with Crippen molar-refractivity contribution in [2.45, 2.75) is 10.5 Å². The van der Waals surface area contributed by atoms with Crippen LogP contribution in [0.25, 0.3) is 0 Å². The van der Waals surface area contributed by atoms with E-state index in [9.17, 15) is 0 Å². The van der Waals surface area contributed by atoms with Gasteiger partial charge in [-0.1, -0.05) is 97.1 Å². The molecule has 2 aliphatic rings. The molecule has 0 aliphatic carbocycles. The maximum atomic E-state index is 5.51. The summed E-state index contributed by atoms with van der Waals surface area (Å²) >= 11 is 1.66. The van der Waals surface area contributed by atoms with Gasteiger partial charge < -0.3 is 4.74 Å². The van der Waals surface area contributed by atoms with Gasteiger partial charge in [-0.05, 0) is 48.2 Å². The van der Waals surface area contributed by atoms with Crippen molar-refractivity contribution in [3.63, 3.8) is 0 Å². The molecule has 0 radical (unpaired) electrons. The van der Waals surface area contributed by atoms with Crippen molar-refractivity contribution in [2.75, 3.05) is 12.0 Å². The first-order valence-corrected chi connectivity index (χ1v) is 14.3. The molecule has 2 atom stereocenters. The number of thioether (sulfide) groups is 1. The zero-order chi connectivity index (χ0) is 27.7. The van der Waals surface area contributed by atoms with Crippen molar-refractivity contribution < 1.29 is 9.54 Å². The van der Waals surface area contributed by atoms with Crippen LogP contribution in [0, 0.1) is 0 Å². The number of aliphatic imine (C=N–C) groups is 1. The molecule has 1 N–H and O–H groups in total. The Morgan fingerprint density at radius 3 is 1.88 bits per heavy atom. The van der Waals surface area contributed by atoms with Gasteiger partial charge in [-0.3, -0.25) is 4.90 Å². The molecule has 41 heavy (non-hydrogen) atoms. The summed E-state index contributed by atoms with van der Waals surface area (Å²) in [5.74, 6) is 0.793. The number of methoxy groups -OCH3 is 1. The standard InChI is InChI=1S/C34H28N5OS/c1-40-31-24-22-28(23-25-31)35-32-38(29-18-10-4-11-19-29)33(26-14-6-2-7-15-26)34(41-32,27-16-8-3-9-17-27)37-39(36-33)30-20-12-5-13-21-30/h2-25H,1H3,(H,36,37)/q+1/t33-,34+/m0/s1. The second kappa shape index (κ2) is 10.3. The number of hydrazine groups is 1. The zero-order valence-electron chi connectivity index (χ0n) is 22.5. The number of azo groups is 1. The van der Waals surface area contributed by atoms with Gasteiger partial charge in [0, 0.05) is 38.9 Å². The fourth-order valence-corrected chi connectivity index (χ4v) is 7.08. The summed E-state index contributed by atoms with van der Waals surface area (Å²) in [6.45, 7) is 0. The molecule has 5 aromatic carbocycles. The van der Waals surface area contributed by atoms with Gasteiger partial charge in [0.25, 0.3) is 10.6 Å². The van der Waals surface area contributed by atoms with Gasteiger partial charge in [0.2, 0.25) is 5.66 Å². The number of fused-ring (bicyclic) bond motifs is 1. The van der Waals surface area contributed by atoms with Crippen LogP contribution in [0.5, 0.6) is 5.75 Å². The summed E-state index contributed by atoms with van der Waals surface area (Å²) in [7, 11) is 1.67. The predicted octanol–water partition coefficient (Wildman–Crippen LogP) is 7.96. The molecule has 0 bridgehead atoms. The molecule has 6 nitrogen and oxygen atoms in total. The van der Waals surface area contributed by atoms with E-state index in [-0.39, 0.29) is 0 Å². The molecule has 2 aliphatic heterocycles. The number of benzene rings is 5. The SMILES string of the molecule is COc1ccc(N=C2S[C@@]3(c4ccccc4)N=[N+](c4ccccc4)N[C@@]3(c3ccccc3)N2c2ccccc2)cc1. The van der Waals surface area contributed by atoms with E-state index in [1.165, 1.54) is 0 Å². The van der Waals surface area contributed by atoms with Crippen LogP contribution < -0.4 is 15.1 Å². The highest BCUT2D eigenvalue weighted by Crippen LogP contribution is 2.63. The topological polar surface area (TPSA) is 52.2 Å². The van der Waals surface area contributed by atoms with E-state index in [1.807, 2.05) is 65.5 Å². The number of hydrogen-bond acceptors (Lipinski definition) is 5. The minimum Gasteiger partial charge on any atom is -0.497 e. The van der Waals surface area contributed by atoms with E-state index in [1.54, 1.807) is 18.9 Å². The first kappa shape index (κ1) is 25.1. The van der Waals surface area contributed by atoms with Crippen molar-refractivity contribution >= 4 is 34.0 Å². The highest BCUT2D eigenvalue weighted by Gasteiger charge is 2.74. The molecular formula is C34H28N5OS+. The zero-order valence-corrected chi connectivity index (χ0v) is 23.3. The van der Waals surface area contributed by atoms with Crippen LogP contribution in [-0.2, 0) is 10.5 Å². The third kappa shape index (κ3) is 4.08. The molecule has 0 aromatic heterocycles. The number of anilines is 1. The molecule has 2 heterocycles. The van der Waals surface area contributed by atoms with E-state index in [0.29, 0.717) is 0 Å². The van der Waals surface area contributed by atoms with Crippen LogP contribution in [0.1, 0.15) is 11.1 Å². The molecular weight excluding hydrogens is 526 g/mol. The molecule has 0 unspecified atom stereocenters. The minimum absolute atomic E-state index is 0.793. The van der Waals surface area contributed by atoms with Crippen LogP contribution in [-0.4, -0.2) is 17.1 Å². The summed E-state index contributed by atoms with van der Waals surface area (Å²) in [5, 5.41) is 6.34. The number of hydrogen-bond donors (Lipinski definition) is 1. The third-order valence-corrected chi connectivity index (χ3v) is 8.80. The van der Waals surface area contributed by atoms with Gasteiger partial charge in [0.05, 0.1) is 12.8 Å². The van der Waals surface area contributed by atoms with Gasteiger partial charge in [-0.25, -0.2) is 4.99 Å². The Hall–Kier alpha value is -4.88. The molecule has 200 valence electrons. The highest BCUT2D eigenvalue weighted by molar-refractivity contribution is 8.15. The number of rotatable bonds is 6. The Morgan fingerprint density at radius 2 is 1.27 bits per heavy atom. The van der Waals surface area contributed by atoms with Gasteiger partial charge in [0.1, 0.15) is 5.75 Å². The highest BCUT2D eigenvalue weighted by atomic mass is 32.2. The predicted molar refractivity (Wildman–Crippen MR) is 165 cm³/mol. The molecule has 0 saturated carbocycles. The Kier molecular flexibility index (Phi) is 6.29. The lowest BCUT2D eigenvalue weighted by Gasteiger charge is -2.39. The lowest BCUT2D eigenvalue weighted by molar-refractivity contribution is -0.568. The van der Waals surface area contributed by atoms with Crippen molar-refractivity contribution in [1.82, 2.24) is 5.43 Å². The van der Waals surface area contributed by atoms with Crippen LogP contribution in [0.2, 0.25) is 0 Å². The lowest BCUT2D eigenvalue weighted by atomic mass is 9.85. The maximum absolute atomic E-state index is 5.51. The van der Waals surface area contributed by atoms with Gasteiger partial charge in [-0.2, -0.15) is 0 Å². The molecule has 0 spiro atoms. The summed E-state index contributed by atoms with van der Waals surface area (Å²) in [5.41, 5.74) is 7.97. The molecule has 0 amide bonds. The molecule has 1 fully saturated rings. The number of ether oxygens (including phenoxy) is 1. The molecule has 5 aromatic rings. The van der Waals surface area contributed by atoms with Crippen molar-refractivity contribution in [3.05, 3.63) is 157 Å². The second-order valence-corrected chi connectivity index (χ2v) is 11.0. The monoisotopic (exact) mass is 554 g/mol. The largest absolute Gasteiger partial charge is 0.497 e. The van der Waals surface area contributed by atoms with Crippen LogP contribution in [0.15, 0.2) is 156 Å². The first-order valence-electron chi connectivity index (χ1n) is 13.5. The number of amidine groups is 1. The second-order valence-electron chi connectivity index (χ2n) is 9.81. The van der Waals surface area contributed by atoms with E-state index in [4.69, 9.17) is 14.8 Å². The van der Waals surface area contributed by atoms with Crippen LogP contribution in [0.3, 0.4) is 0 Å².